The van der Waals surface area contributed by atoms with E-state index in [0.717, 1.165) is 22.7 Å². The molecule has 1 aromatic carbocycles. The van der Waals surface area contributed by atoms with Crippen molar-refractivity contribution in [1.29, 1.82) is 0 Å². The molecule has 0 radical (unpaired) electrons. The van der Waals surface area contributed by atoms with E-state index in [1.165, 1.54) is 7.05 Å². The average Bonchev–Trinajstić information content (AvgIpc) is 2.64. The maximum absolute atomic E-state index is 15.2. The second-order valence-electron chi connectivity index (χ2n) is 8.79. The molecule has 1 aromatic rings. The Bertz CT molecular complexity index is 941. The Hall–Kier alpha value is -1.62. The second kappa shape index (κ2) is 8.73. The van der Waals surface area contributed by atoms with Crippen LogP contribution in [0.1, 0.15) is 44.2 Å². The van der Waals surface area contributed by atoms with E-state index in [0.29, 0.717) is 32.5 Å². The predicted octanol–water partition coefficient (Wildman–Crippen LogP) is 2.29. The number of nitrogens with one attached hydrogen (secondary N) is 1. The first-order valence-corrected chi connectivity index (χ1v) is 12.2. The summed E-state index contributed by atoms with van der Waals surface area (Å²) in [6, 6.07) is 1.76. The quantitative estimate of drug-likeness (QED) is 0.611. The van der Waals surface area contributed by atoms with Crippen molar-refractivity contribution in [1.82, 2.24) is 9.62 Å². The van der Waals surface area contributed by atoms with E-state index in [4.69, 9.17) is 9.47 Å². The molecule has 10 heteroatoms. The van der Waals surface area contributed by atoms with Crippen LogP contribution in [0.3, 0.4) is 0 Å². The van der Waals surface area contributed by atoms with Crippen molar-refractivity contribution in [2.45, 2.75) is 51.3 Å². The summed E-state index contributed by atoms with van der Waals surface area (Å²) in [5, 5.41) is 2.45. The maximum Gasteiger partial charge on any atom is 0.245 e. The van der Waals surface area contributed by atoms with Gasteiger partial charge in [-0.1, -0.05) is 6.92 Å². The van der Waals surface area contributed by atoms with Gasteiger partial charge in [0.1, 0.15) is 18.2 Å². The minimum Gasteiger partial charge on any atom is -0.380 e. The van der Waals surface area contributed by atoms with E-state index in [2.05, 4.69) is 5.32 Å². The van der Waals surface area contributed by atoms with Crippen molar-refractivity contribution >= 4 is 15.9 Å². The average molecular weight is 461 g/mol. The molecule has 1 spiro atoms. The molecule has 1 aliphatic heterocycles. The number of hydrogen-bond acceptors (Lipinski definition) is 5. The number of carbonyl (C=O) groups is 1. The fraction of sp³-hybridized carbons (Fsp3) is 0.667. The molecule has 2 fully saturated rings. The Labute approximate surface area is 182 Å². The Kier molecular flexibility index (Phi) is 6.76. The standard InChI is InChI=1S/C21H30F2N2O5S/c1-5-14(2)25(31(4,27)28)8-15-6-18(23)16(7-17(15)22)21(30-9-19(26)24-3)10-20(11-21)12-29-13-20/h6-7,14H,5,8-13H2,1-4H3,(H,24,26)/t14-/m0/s1. The van der Waals surface area contributed by atoms with Crippen LogP contribution in [0.5, 0.6) is 0 Å². The van der Waals surface area contributed by atoms with Gasteiger partial charge in [0.15, 0.2) is 0 Å². The van der Waals surface area contributed by atoms with Crippen molar-refractivity contribution in [3.05, 3.63) is 34.9 Å². The van der Waals surface area contributed by atoms with Crippen molar-refractivity contribution < 1.29 is 31.5 Å². The number of rotatable bonds is 9. The van der Waals surface area contributed by atoms with E-state index >= 15 is 8.78 Å². The first kappa shape index (κ1) is 24.0. The lowest BCUT2D eigenvalue weighted by molar-refractivity contribution is -0.261. The third-order valence-corrected chi connectivity index (χ3v) is 7.70. The van der Waals surface area contributed by atoms with Gasteiger partial charge in [-0.05, 0) is 38.3 Å². The Morgan fingerprint density at radius 2 is 1.94 bits per heavy atom. The highest BCUT2D eigenvalue weighted by Gasteiger charge is 2.61. The van der Waals surface area contributed by atoms with Crippen molar-refractivity contribution in [3.63, 3.8) is 0 Å². The molecule has 0 unspecified atom stereocenters. The number of likely N-dealkylation sites (N-methyl/N-ethyl adjacent to an activating group) is 1. The molecular formula is C21H30F2N2O5S. The van der Waals surface area contributed by atoms with Gasteiger partial charge in [-0.25, -0.2) is 17.2 Å². The van der Waals surface area contributed by atoms with Gasteiger partial charge in [0, 0.05) is 36.2 Å². The number of ether oxygens (including phenoxy) is 2. The van der Waals surface area contributed by atoms with Crippen LogP contribution in [-0.2, 0) is 36.4 Å². The number of sulfonamides is 1. The summed E-state index contributed by atoms with van der Waals surface area (Å²) in [7, 11) is -2.13. The topological polar surface area (TPSA) is 84.9 Å². The fourth-order valence-corrected chi connectivity index (χ4v) is 5.61. The van der Waals surface area contributed by atoms with Gasteiger partial charge in [0.25, 0.3) is 0 Å². The first-order valence-electron chi connectivity index (χ1n) is 10.3. The number of amides is 1. The molecule has 1 N–H and O–H groups in total. The highest BCUT2D eigenvalue weighted by atomic mass is 32.2. The highest BCUT2D eigenvalue weighted by Crippen LogP contribution is 2.60. The molecule has 1 saturated carbocycles. The zero-order valence-corrected chi connectivity index (χ0v) is 19.2. The monoisotopic (exact) mass is 460 g/mol. The summed E-state index contributed by atoms with van der Waals surface area (Å²) in [6.07, 6.45) is 2.44. The SMILES string of the molecule is CC[C@H](C)N(Cc1cc(F)c(C2(OCC(=O)NC)CC3(COC3)C2)cc1F)S(C)(=O)=O. The molecule has 1 aliphatic carbocycles. The Morgan fingerprint density at radius 1 is 1.29 bits per heavy atom. The first-order chi connectivity index (χ1) is 14.5. The van der Waals surface area contributed by atoms with Gasteiger partial charge in [-0.2, -0.15) is 4.31 Å². The normalized spacial score (nSPS) is 20.2. The minimum atomic E-state index is -3.61. The van der Waals surface area contributed by atoms with Crippen LogP contribution in [0.2, 0.25) is 0 Å². The summed E-state index contributed by atoms with van der Waals surface area (Å²) in [6.45, 7) is 4.07. The molecule has 7 nitrogen and oxygen atoms in total. The van der Waals surface area contributed by atoms with Gasteiger partial charge in [-0.15, -0.1) is 0 Å². The van der Waals surface area contributed by atoms with Crippen molar-refractivity contribution in [3.8, 4) is 0 Å². The maximum atomic E-state index is 15.2. The second-order valence-corrected chi connectivity index (χ2v) is 10.7. The van der Waals surface area contributed by atoms with Crippen LogP contribution in [-0.4, -0.2) is 57.8 Å². The zero-order chi connectivity index (χ0) is 23.0. The van der Waals surface area contributed by atoms with Gasteiger partial charge in [0.2, 0.25) is 15.9 Å². The van der Waals surface area contributed by atoms with Crippen molar-refractivity contribution in [2.75, 3.05) is 33.1 Å². The Morgan fingerprint density at radius 3 is 2.42 bits per heavy atom. The van der Waals surface area contributed by atoms with E-state index in [1.807, 2.05) is 6.92 Å². The molecule has 3 rings (SSSR count). The summed E-state index contributed by atoms with van der Waals surface area (Å²) in [5.41, 5.74) is -1.25. The van der Waals surface area contributed by atoms with E-state index in [1.54, 1.807) is 6.92 Å². The smallest absolute Gasteiger partial charge is 0.245 e. The molecule has 1 amide bonds. The third kappa shape index (κ3) is 4.76. The zero-order valence-electron chi connectivity index (χ0n) is 18.3. The minimum absolute atomic E-state index is 0.0459. The summed E-state index contributed by atoms with van der Waals surface area (Å²) in [5.74, 6) is -1.75. The van der Waals surface area contributed by atoms with E-state index in [-0.39, 0.29) is 41.6 Å². The Balaban J connectivity index is 1.90. The van der Waals surface area contributed by atoms with Crippen LogP contribution < -0.4 is 5.32 Å². The largest absolute Gasteiger partial charge is 0.380 e. The summed E-state index contributed by atoms with van der Waals surface area (Å²) in [4.78, 5) is 11.7. The number of hydrogen-bond donors (Lipinski definition) is 1. The van der Waals surface area contributed by atoms with E-state index in [9.17, 15) is 13.2 Å². The van der Waals surface area contributed by atoms with Crippen LogP contribution in [0.4, 0.5) is 8.78 Å². The van der Waals surface area contributed by atoms with Gasteiger partial charge in [0.05, 0.1) is 25.1 Å². The van der Waals surface area contributed by atoms with Crippen LogP contribution in [0.15, 0.2) is 12.1 Å². The summed E-state index contributed by atoms with van der Waals surface area (Å²) < 4.78 is 66.8. The lowest BCUT2D eigenvalue weighted by Crippen LogP contribution is -2.61. The van der Waals surface area contributed by atoms with Crippen LogP contribution in [0.25, 0.3) is 0 Å². The predicted molar refractivity (Wildman–Crippen MR) is 111 cm³/mol. The molecule has 1 atom stereocenters. The summed E-state index contributed by atoms with van der Waals surface area (Å²) >= 11 is 0. The number of nitrogens with zero attached hydrogens (tertiary/aromatic N) is 1. The molecule has 1 heterocycles. The third-order valence-electron chi connectivity index (χ3n) is 6.36. The number of carbonyl (C=O) groups excluding carboxylic acids is 1. The van der Waals surface area contributed by atoms with E-state index < -0.39 is 27.3 Å². The number of benzene rings is 1. The molecular weight excluding hydrogens is 430 g/mol. The van der Waals surface area contributed by atoms with Gasteiger partial charge < -0.3 is 14.8 Å². The lowest BCUT2D eigenvalue weighted by atomic mass is 9.55. The highest BCUT2D eigenvalue weighted by molar-refractivity contribution is 7.88. The van der Waals surface area contributed by atoms with Gasteiger partial charge >= 0.3 is 0 Å². The molecule has 2 aliphatic rings. The number of halogens is 2. The van der Waals surface area contributed by atoms with Crippen LogP contribution >= 0.6 is 0 Å². The molecule has 1 saturated heterocycles. The van der Waals surface area contributed by atoms with Crippen LogP contribution in [0, 0.1) is 17.0 Å². The molecule has 0 aromatic heterocycles. The van der Waals surface area contributed by atoms with Crippen molar-refractivity contribution in [2.24, 2.45) is 5.41 Å². The van der Waals surface area contributed by atoms with Gasteiger partial charge in [-0.3, -0.25) is 4.79 Å². The lowest BCUT2D eigenvalue weighted by Gasteiger charge is -2.59. The fourth-order valence-electron chi connectivity index (χ4n) is 4.43. The molecule has 0 bridgehead atoms. The molecule has 31 heavy (non-hydrogen) atoms. The molecule has 174 valence electrons.